The Labute approximate surface area is 184 Å². The molecule has 1 fully saturated rings. The highest BCUT2D eigenvalue weighted by Gasteiger charge is 2.20. The molecule has 7 heteroatoms. The zero-order chi connectivity index (χ0) is 22.1. The monoisotopic (exact) mass is 421 g/mol. The molecule has 1 aromatic heterocycles. The van der Waals surface area contributed by atoms with E-state index >= 15 is 0 Å². The fraction of sp³-hybridized carbons (Fsp3) is 0.292. The summed E-state index contributed by atoms with van der Waals surface area (Å²) in [5.74, 6) is 2.24. The molecule has 2 aromatic rings. The zero-order valence-electron chi connectivity index (χ0n) is 18.0. The van der Waals surface area contributed by atoms with E-state index in [1.165, 1.54) is 0 Å². The molecular weight excluding hydrogens is 390 g/mol. The van der Waals surface area contributed by atoms with Gasteiger partial charge >= 0.3 is 0 Å². The van der Waals surface area contributed by atoms with Gasteiger partial charge in [0.15, 0.2) is 11.5 Å². The van der Waals surface area contributed by atoms with E-state index in [1.54, 1.807) is 19.4 Å². The van der Waals surface area contributed by atoms with Crippen molar-refractivity contribution in [2.24, 2.45) is 5.73 Å². The lowest BCUT2D eigenvalue weighted by atomic mass is 10.1. The fourth-order valence-electron chi connectivity index (χ4n) is 3.51. The summed E-state index contributed by atoms with van der Waals surface area (Å²) in [5.41, 5.74) is 8.04. The number of allylic oxidation sites excluding steroid dienone is 4. The van der Waals surface area contributed by atoms with Gasteiger partial charge in [0.1, 0.15) is 5.82 Å². The standard InChI is InChI=1S/C24H31N5O2/c1-3-4-5-8-22(25)29-13-11-28(12-14-29)18-20-15-19(16-21(31-2)24(20)30)17-27-23-9-6-7-10-26-23/h3-10,15-16,30H,1,11-14,17-18,25H2,2H3,(H,26,27)/b5-4-,22-8+. The van der Waals surface area contributed by atoms with Gasteiger partial charge in [0.2, 0.25) is 0 Å². The summed E-state index contributed by atoms with van der Waals surface area (Å²) in [5, 5.41) is 14.0. The number of piperazine rings is 1. The second-order valence-corrected chi connectivity index (χ2v) is 7.35. The molecular formula is C24H31N5O2. The lowest BCUT2D eigenvalue weighted by molar-refractivity contribution is 0.150. The van der Waals surface area contributed by atoms with Gasteiger partial charge in [-0.25, -0.2) is 4.98 Å². The van der Waals surface area contributed by atoms with E-state index < -0.39 is 0 Å². The smallest absolute Gasteiger partial charge is 0.162 e. The summed E-state index contributed by atoms with van der Waals surface area (Å²) in [7, 11) is 1.57. The quantitative estimate of drug-likeness (QED) is 0.537. The highest BCUT2D eigenvalue weighted by atomic mass is 16.5. The number of anilines is 1. The van der Waals surface area contributed by atoms with Gasteiger partial charge in [-0.15, -0.1) is 0 Å². The molecule has 0 saturated carbocycles. The molecule has 1 aliphatic rings. The summed E-state index contributed by atoms with van der Waals surface area (Å²) >= 11 is 0. The normalized spacial score (nSPS) is 15.3. The Morgan fingerprint density at radius 1 is 1.26 bits per heavy atom. The average Bonchev–Trinajstić information content (AvgIpc) is 2.80. The van der Waals surface area contributed by atoms with E-state index in [9.17, 15) is 5.11 Å². The topological polar surface area (TPSA) is 86.9 Å². The second-order valence-electron chi connectivity index (χ2n) is 7.35. The first kappa shape index (κ1) is 22.2. The summed E-state index contributed by atoms with van der Waals surface area (Å²) in [6.07, 6.45) is 9.12. The van der Waals surface area contributed by atoms with Gasteiger partial charge in [-0.3, -0.25) is 4.90 Å². The van der Waals surface area contributed by atoms with E-state index in [-0.39, 0.29) is 5.75 Å². The van der Waals surface area contributed by atoms with E-state index in [1.807, 2.05) is 48.6 Å². The fourth-order valence-corrected chi connectivity index (χ4v) is 3.51. The molecule has 1 saturated heterocycles. The number of ether oxygens (including phenoxy) is 1. The van der Waals surface area contributed by atoms with Crippen LogP contribution in [0.3, 0.4) is 0 Å². The summed E-state index contributed by atoms with van der Waals surface area (Å²) < 4.78 is 5.41. The van der Waals surface area contributed by atoms with Crippen LogP contribution < -0.4 is 15.8 Å². The molecule has 2 heterocycles. The molecule has 1 aliphatic heterocycles. The Morgan fingerprint density at radius 3 is 2.74 bits per heavy atom. The van der Waals surface area contributed by atoms with Crippen molar-refractivity contribution in [3.63, 3.8) is 0 Å². The van der Waals surface area contributed by atoms with E-state index in [0.717, 1.165) is 48.9 Å². The van der Waals surface area contributed by atoms with Crippen molar-refractivity contribution in [3.8, 4) is 11.5 Å². The molecule has 1 aromatic carbocycles. The minimum Gasteiger partial charge on any atom is -0.504 e. The molecule has 0 radical (unpaired) electrons. The van der Waals surface area contributed by atoms with Crippen LogP contribution in [-0.4, -0.2) is 53.2 Å². The van der Waals surface area contributed by atoms with E-state index in [2.05, 4.69) is 26.7 Å². The molecule has 0 aliphatic carbocycles. The highest BCUT2D eigenvalue weighted by molar-refractivity contribution is 5.49. The van der Waals surface area contributed by atoms with Gasteiger partial charge in [-0.2, -0.15) is 0 Å². The predicted molar refractivity (Wildman–Crippen MR) is 125 cm³/mol. The number of phenolic OH excluding ortho intramolecular Hbond substituents is 1. The van der Waals surface area contributed by atoms with Crippen molar-refractivity contribution in [2.75, 3.05) is 38.6 Å². The Balaban J connectivity index is 1.63. The number of hydrogen-bond acceptors (Lipinski definition) is 7. The lowest BCUT2D eigenvalue weighted by Crippen LogP contribution is -2.46. The maximum absolute atomic E-state index is 10.7. The number of phenols is 1. The molecule has 31 heavy (non-hydrogen) atoms. The number of hydrogen-bond donors (Lipinski definition) is 3. The van der Waals surface area contributed by atoms with Crippen molar-refractivity contribution >= 4 is 5.82 Å². The second kappa shape index (κ2) is 11.1. The van der Waals surface area contributed by atoms with Crippen molar-refractivity contribution in [1.29, 1.82) is 0 Å². The summed E-state index contributed by atoms with van der Waals surface area (Å²) in [6.45, 7) is 8.29. The number of nitrogens with zero attached hydrogens (tertiary/aromatic N) is 3. The van der Waals surface area contributed by atoms with Gasteiger partial charge in [0.05, 0.1) is 12.9 Å². The SMILES string of the molecule is C=C/C=C\C=C(/N)N1CCN(Cc2cc(CNc3ccccn3)cc(OC)c2O)CC1. The van der Waals surface area contributed by atoms with Gasteiger partial charge in [-0.05, 0) is 35.9 Å². The zero-order valence-corrected chi connectivity index (χ0v) is 18.0. The maximum atomic E-state index is 10.7. The van der Waals surface area contributed by atoms with Crippen LogP contribution in [0.5, 0.6) is 11.5 Å². The number of nitrogens with one attached hydrogen (secondary N) is 1. The third-order valence-electron chi connectivity index (χ3n) is 5.22. The first-order valence-electron chi connectivity index (χ1n) is 10.4. The van der Waals surface area contributed by atoms with Crippen LogP contribution in [0.25, 0.3) is 0 Å². The average molecular weight is 422 g/mol. The van der Waals surface area contributed by atoms with Crippen molar-refractivity contribution in [3.05, 3.63) is 84.4 Å². The van der Waals surface area contributed by atoms with E-state index in [4.69, 9.17) is 10.5 Å². The van der Waals surface area contributed by atoms with E-state index in [0.29, 0.717) is 18.8 Å². The molecule has 0 amide bonds. The highest BCUT2D eigenvalue weighted by Crippen LogP contribution is 2.33. The minimum absolute atomic E-state index is 0.195. The summed E-state index contributed by atoms with van der Waals surface area (Å²) in [6, 6.07) is 9.62. The number of methoxy groups -OCH3 is 1. The molecule has 0 bridgehead atoms. The van der Waals surface area contributed by atoms with Crippen molar-refractivity contribution in [1.82, 2.24) is 14.8 Å². The van der Waals surface area contributed by atoms with Crippen molar-refractivity contribution in [2.45, 2.75) is 13.1 Å². The molecule has 0 unspecified atom stereocenters. The van der Waals surface area contributed by atoms with Gasteiger partial charge in [0.25, 0.3) is 0 Å². The van der Waals surface area contributed by atoms with Crippen LogP contribution >= 0.6 is 0 Å². The number of aromatic hydroxyl groups is 1. The Morgan fingerprint density at radius 2 is 2.06 bits per heavy atom. The third-order valence-corrected chi connectivity index (χ3v) is 5.22. The number of benzene rings is 1. The molecule has 164 valence electrons. The number of pyridine rings is 1. The molecule has 0 spiro atoms. The molecule has 3 rings (SSSR count). The number of rotatable bonds is 9. The number of aromatic nitrogens is 1. The van der Waals surface area contributed by atoms with Crippen LogP contribution in [-0.2, 0) is 13.1 Å². The Bertz CT molecular complexity index is 919. The lowest BCUT2D eigenvalue weighted by Gasteiger charge is -2.36. The number of nitrogens with two attached hydrogens (primary N) is 1. The largest absolute Gasteiger partial charge is 0.504 e. The van der Waals surface area contributed by atoms with Crippen LogP contribution in [0.15, 0.2) is 73.2 Å². The van der Waals surface area contributed by atoms with Crippen LogP contribution in [0.2, 0.25) is 0 Å². The van der Waals surface area contributed by atoms with Gasteiger partial charge in [0, 0.05) is 51.0 Å². The molecule has 0 atom stereocenters. The maximum Gasteiger partial charge on any atom is 0.162 e. The predicted octanol–water partition coefficient (Wildman–Crippen LogP) is 3.07. The Kier molecular flexibility index (Phi) is 7.95. The van der Waals surface area contributed by atoms with Crippen LogP contribution in [0, 0.1) is 0 Å². The first-order valence-corrected chi connectivity index (χ1v) is 10.4. The van der Waals surface area contributed by atoms with Crippen molar-refractivity contribution < 1.29 is 9.84 Å². The third kappa shape index (κ3) is 6.26. The van der Waals surface area contributed by atoms with Crippen LogP contribution in [0.1, 0.15) is 11.1 Å². The molecule has 4 N–H and O–H groups in total. The van der Waals surface area contributed by atoms with Gasteiger partial charge < -0.3 is 25.8 Å². The van der Waals surface area contributed by atoms with Gasteiger partial charge in [-0.1, -0.05) is 30.9 Å². The molecule has 7 nitrogen and oxygen atoms in total. The first-order chi connectivity index (χ1) is 15.1. The summed E-state index contributed by atoms with van der Waals surface area (Å²) in [4.78, 5) is 8.76. The minimum atomic E-state index is 0.195. The Hall–Kier alpha value is -3.45. The van der Waals surface area contributed by atoms with Crippen LogP contribution in [0.4, 0.5) is 5.82 Å².